The summed E-state index contributed by atoms with van der Waals surface area (Å²) in [4.78, 5) is 21.9. The number of hydrogen-bond donors (Lipinski definition) is 1. The monoisotopic (exact) mass is 262 g/mol. The van der Waals surface area contributed by atoms with E-state index < -0.39 is 0 Å². The number of nitrogens with zero attached hydrogens (tertiary/aromatic N) is 3. The Morgan fingerprint density at radius 3 is 2.76 bits per heavy atom. The van der Waals surface area contributed by atoms with E-state index in [4.69, 9.17) is 0 Å². The summed E-state index contributed by atoms with van der Waals surface area (Å²) >= 11 is 2.35. The second-order valence-corrected chi connectivity index (χ2v) is 4.81. The Morgan fingerprint density at radius 1 is 1.24 bits per heavy atom. The van der Waals surface area contributed by atoms with Crippen LogP contribution >= 0.6 is 22.9 Å². The van der Waals surface area contributed by atoms with E-state index >= 15 is 0 Å². The first-order valence-corrected chi connectivity index (χ1v) is 6.40. The minimum atomic E-state index is -0.166. The molecular weight excluding hydrogens is 256 g/mol. The minimum absolute atomic E-state index is 0.166. The number of aromatic nitrogens is 4. The smallest absolute Gasteiger partial charge is 0.294 e. The van der Waals surface area contributed by atoms with Gasteiger partial charge in [0.25, 0.3) is 0 Å². The van der Waals surface area contributed by atoms with Gasteiger partial charge in [-0.1, -0.05) is 0 Å². The standard InChI is InChI=1S/C10H6N4OS2/c15-10-13-8(14-17-10)9-12-7(5-16-9)6-1-3-11-4-2-6/h1-5H,(H,13,14,15). The van der Waals surface area contributed by atoms with Gasteiger partial charge in [-0.15, -0.1) is 11.3 Å². The van der Waals surface area contributed by atoms with E-state index in [2.05, 4.69) is 19.3 Å². The van der Waals surface area contributed by atoms with Crippen molar-refractivity contribution in [1.82, 2.24) is 19.3 Å². The Morgan fingerprint density at radius 2 is 2.06 bits per heavy atom. The molecule has 3 aromatic rings. The van der Waals surface area contributed by atoms with Gasteiger partial charge in [0.1, 0.15) is 0 Å². The molecular formula is C10H6N4OS2. The fourth-order valence-corrected chi connectivity index (χ4v) is 2.64. The van der Waals surface area contributed by atoms with E-state index in [-0.39, 0.29) is 4.87 Å². The van der Waals surface area contributed by atoms with Gasteiger partial charge in [-0.3, -0.25) is 14.8 Å². The molecule has 3 aromatic heterocycles. The second kappa shape index (κ2) is 4.19. The lowest BCUT2D eigenvalue weighted by molar-refractivity contribution is 1.25. The quantitative estimate of drug-likeness (QED) is 0.767. The van der Waals surface area contributed by atoms with Gasteiger partial charge in [0, 0.05) is 34.9 Å². The van der Waals surface area contributed by atoms with E-state index in [0.717, 1.165) is 27.8 Å². The van der Waals surface area contributed by atoms with Crippen molar-refractivity contribution < 1.29 is 0 Å². The third kappa shape index (κ3) is 2.02. The molecule has 1 N–H and O–H groups in total. The van der Waals surface area contributed by atoms with Crippen LogP contribution < -0.4 is 4.87 Å². The molecule has 3 heterocycles. The summed E-state index contributed by atoms with van der Waals surface area (Å²) < 4.78 is 4.00. The average Bonchev–Trinajstić information content (AvgIpc) is 2.98. The molecule has 0 aliphatic rings. The molecule has 0 radical (unpaired) electrons. The topological polar surface area (TPSA) is 71.5 Å². The first-order valence-electron chi connectivity index (χ1n) is 4.75. The first-order chi connectivity index (χ1) is 8.33. The predicted molar refractivity (Wildman–Crippen MR) is 67.1 cm³/mol. The van der Waals surface area contributed by atoms with E-state index in [1.165, 1.54) is 11.3 Å². The highest BCUT2D eigenvalue weighted by atomic mass is 32.1. The number of rotatable bonds is 2. The SMILES string of the molecule is O=c1[nH]c(-c2nc(-c3ccncc3)cs2)ns1. The first kappa shape index (κ1) is 10.3. The molecule has 0 aromatic carbocycles. The highest BCUT2D eigenvalue weighted by Crippen LogP contribution is 2.26. The van der Waals surface area contributed by atoms with Crippen LogP contribution in [0.25, 0.3) is 22.1 Å². The van der Waals surface area contributed by atoms with Crippen LogP contribution in [-0.4, -0.2) is 19.3 Å². The number of hydrogen-bond acceptors (Lipinski definition) is 6. The largest absolute Gasteiger partial charge is 0.323 e. The summed E-state index contributed by atoms with van der Waals surface area (Å²) in [6.07, 6.45) is 3.44. The van der Waals surface area contributed by atoms with Gasteiger partial charge in [-0.05, 0) is 12.1 Å². The Kier molecular flexibility index (Phi) is 2.54. The van der Waals surface area contributed by atoms with Crippen molar-refractivity contribution in [3.05, 3.63) is 39.6 Å². The molecule has 0 fully saturated rings. The van der Waals surface area contributed by atoms with Gasteiger partial charge in [-0.25, -0.2) is 4.98 Å². The zero-order valence-corrected chi connectivity index (χ0v) is 10.1. The lowest BCUT2D eigenvalue weighted by Gasteiger charge is -1.93. The van der Waals surface area contributed by atoms with Crippen molar-refractivity contribution in [1.29, 1.82) is 0 Å². The Balaban J connectivity index is 2.01. The zero-order valence-electron chi connectivity index (χ0n) is 8.45. The summed E-state index contributed by atoms with van der Waals surface area (Å²) in [5.74, 6) is 0.533. The van der Waals surface area contributed by atoms with Crippen LogP contribution in [0.5, 0.6) is 0 Å². The summed E-state index contributed by atoms with van der Waals surface area (Å²) in [5.41, 5.74) is 1.86. The van der Waals surface area contributed by atoms with E-state index in [1.54, 1.807) is 12.4 Å². The molecule has 5 nitrogen and oxygen atoms in total. The maximum absolute atomic E-state index is 11.0. The molecule has 0 bridgehead atoms. The fraction of sp³-hybridized carbons (Fsp3) is 0. The van der Waals surface area contributed by atoms with Crippen LogP contribution in [0.4, 0.5) is 0 Å². The maximum atomic E-state index is 11.0. The Bertz CT molecular complexity index is 685. The molecule has 3 rings (SSSR count). The second-order valence-electron chi connectivity index (χ2n) is 3.22. The minimum Gasteiger partial charge on any atom is -0.294 e. The van der Waals surface area contributed by atoms with Crippen molar-refractivity contribution in [2.75, 3.05) is 0 Å². The number of nitrogens with one attached hydrogen (secondary N) is 1. The third-order valence-corrected chi connectivity index (χ3v) is 3.51. The maximum Gasteiger partial charge on any atom is 0.323 e. The lowest BCUT2D eigenvalue weighted by Crippen LogP contribution is -1.92. The zero-order chi connectivity index (χ0) is 11.7. The van der Waals surface area contributed by atoms with Crippen molar-refractivity contribution >= 4 is 22.9 Å². The van der Waals surface area contributed by atoms with Gasteiger partial charge in [0.15, 0.2) is 10.8 Å². The van der Waals surface area contributed by atoms with Gasteiger partial charge in [0.05, 0.1) is 5.69 Å². The van der Waals surface area contributed by atoms with Gasteiger partial charge >= 0.3 is 4.87 Å². The van der Waals surface area contributed by atoms with E-state index in [1.807, 2.05) is 17.5 Å². The van der Waals surface area contributed by atoms with Crippen molar-refractivity contribution in [2.24, 2.45) is 0 Å². The molecule has 0 spiro atoms. The van der Waals surface area contributed by atoms with Crippen LogP contribution in [0.15, 0.2) is 34.7 Å². The predicted octanol–water partition coefficient (Wildman–Crippen LogP) is 2.02. The summed E-state index contributed by atoms with van der Waals surface area (Å²) in [6.45, 7) is 0. The van der Waals surface area contributed by atoms with Gasteiger partial charge in [-0.2, -0.15) is 4.37 Å². The van der Waals surface area contributed by atoms with Crippen molar-refractivity contribution in [3.63, 3.8) is 0 Å². The fourth-order valence-electron chi connectivity index (χ4n) is 1.36. The Labute approximate surface area is 104 Å². The molecule has 0 amide bonds. The highest BCUT2D eigenvalue weighted by Gasteiger charge is 2.09. The van der Waals surface area contributed by atoms with E-state index in [9.17, 15) is 4.79 Å². The number of thiazole rings is 1. The number of H-pyrrole nitrogens is 1. The highest BCUT2D eigenvalue weighted by molar-refractivity contribution is 7.13. The summed E-state index contributed by atoms with van der Waals surface area (Å²) in [5, 5.41) is 2.65. The van der Waals surface area contributed by atoms with Crippen LogP contribution in [0.2, 0.25) is 0 Å². The molecule has 0 aliphatic heterocycles. The van der Waals surface area contributed by atoms with Crippen LogP contribution in [0.1, 0.15) is 0 Å². The molecule has 0 saturated heterocycles. The molecule has 0 saturated carbocycles. The van der Waals surface area contributed by atoms with Crippen LogP contribution in [-0.2, 0) is 0 Å². The van der Waals surface area contributed by atoms with E-state index in [0.29, 0.717) is 5.82 Å². The molecule has 17 heavy (non-hydrogen) atoms. The number of aromatic amines is 1. The Hall–Kier alpha value is -1.86. The molecule has 7 heteroatoms. The van der Waals surface area contributed by atoms with Gasteiger partial charge < -0.3 is 0 Å². The number of pyridine rings is 1. The van der Waals surface area contributed by atoms with Crippen molar-refractivity contribution in [3.8, 4) is 22.1 Å². The molecule has 0 atom stereocenters. The molecule has 0 unspecified atom stereocenters. The van der Waals surface area contributed by atoms with Crippen molar-refractivity contribution in [2.45, 2.75) is 0 Å². The lowest BCUT2D eigenvalue weighted by atomic mass is 10.2. The third-order valence-electron chi connectivity index (χ3n) is 2.12. The van der Waals surface area contributed by atoms with Crippen LogP contribution in [0.3, 0.4) is 0 Å². The summed E-state index contributed by atoms with van der Waals surface area (Å²) in [7, 11) is 0. The molecule has 84 valence electrons. The normalized spacial score (nSPS) is 10.6. The van der Waals surface area contributed by atoms with Crippen LogP contribution in [0, 0.1) is 0 Å². The summed E-state index contributed by atoms with van der Waals surface area (Å²) in [6, 6.07) is 3.78. The average molecular weight is 262 g/mol. The van der Waals surface area contributed by atoms with Gasteiger partial charge in [0.2, 0.25) is 0 Å². The molecule has 0 aliphatic carbocycles.